The number of H-pyrrole nitrogens is 1. The number of benzene rings is 1. The van der Waals surface area contributed by atoms with Crippen LogP contribution in [0.25, 0.3) is 0 Å². The molecule has 0 saturated heterocycles. The van der Waals surface area contributed by atoms with Gasteiger partial charge in [0.1, 0.15) is 0 Å². The largest absolute Gasteiger partial charge is 0.362 e. The van der Waals surface area contributed by atoms with Gasteiger partial charge in [0.15, 0.2) is 0 Å². The summed E-state index contributed by atoms with van der Waals surface area (Å²) in [5.74, 6) is -0.708. The zero-order valence-corrected chi connectivity index (χ0v) is 15.2. The summed E-state index contributed by atoms with van der Waals surface area (Å²) < 4.78 is 0. The number of amides is 2. The minimum Gasteiger partial charge on any atom is -0.362 e. The van der Waals surface area contributed by atoms with Gasteiger partial charge in [-0.25, -0.2) is 5.48 Å². The molecule has 6 heteroatoms. The summed E-state index contributed by atoms with van der Waals surface area (Å²) in [6.07, 6.45) is 0. The number of hydrogen-bond acceptors (Lipinski definition) is 3. The molecule has 134 valence electrons. The van der Waals surface area contributed by atoms with E-state index in [1.165, 1.54) is 0 Å². The Balaban J connectivity index is 2.29. The Labute approximate surface area is 147 Å². The first-order valence-electron chi connectivity index (χ1n) is 8.15. The zero-order valence-electron chi connectivity index (χ0n) is 15.2. The number of carbonyl (C=O) groups is 2. The highest BCUT2D eigenvalue weighted by atomic mass is 16.5. The Morgan fingerprint density at radius 3 is 2.12 bits per heavy atom. The first-order valence-corrected chi connectivity index (χ1v) is 8.15. The maximum Gasteiger partial charge on any atom is 0.274 e. The molecular weight excluding hydrogens is 318 g/mol. The lowest BCUT2D eigenvalue weighted by Crippen LogP contribution is -2.36. The predicted molar refractivity (Wildman–Crippen MR) is 95.6 cm³/mol. The molecule has 0 aliphatic rings. The van der Waals surface area contributed by atoms with Gasteiger partial charge < -0.3 is 10.3 Å². The third kappa shape index (κ3) is 4.28. The van der Waals surface area contributed by atoms with Crippen LogP contribution < -0.4 is 10.8 Å². The van der Waals surface area contributed by atoms with Crippen molar-refractivity contribution in [2.45, 2.75) is 40.7 Å². The number of rotatable bonds is 4. The van der Waals surface area contributed by atoms with Crippen molar-refractivity contribution in [3.63, 3.8) is 0 Å². The minimum atomic E-state index is -0.568. The van der Waals surface area contributed by atoms with E-state index in [0.29, 0.717) is 11.1 Å². The Morgan fingerprint density at radius 1 is 1.08 bits per heavy atom. The van der Waals surface area contributed by atoms with Gasteiger partial charge in [0.05, 0.1) is 11.6 Å². The van der Waals surface area contributed by atoms with E-state index in [1.54, 1.807) is 29.7 Å². The third-order valence-corrected chi connectivity index (χ3v) is 4.14. The van der Waals surface area contributed by atoms with Gasteiger partial charge in [-0.15, -0.1) is 0 Å². The lowest BCUT2D eigenvalue weighted by atomic mass is 9.82. The van der Waals surface area contributed by atoms with Crippen molar-refractivity contribution in [3.8, 4) is 0 Å². The van der Waals surface area contributed by atoms with E-state index in [0.717, 1.165) is 17.0 Å². The van der Waals surface area contributed by atoms with Crippen LogP contribution in [0.2, 0.25) is 0 Å². The van der Waals surface area contributed by atoms with Gasteiger partial charge >= 0.3 is 0 Å². The van der Waals surface area contributed by atoms with Gasteiger partial charge in [0.2, 0.25) is 0 Å². The zero-order chi connectivity index (χ0) is 18.8. The molecule has 1 atom stereocenters. The summed E-state index contributed by atoms with van der Waals surface area (Å²) in [6, 6.07) is 8.42. The lowest BCUT2D eigenvalue weighted by molar-refractivity contribution is 0.0706. The Hall–Kier alpha value is -2.60. The molecule has 0 aliphatic heterocycles. The van der Waals surface area contributed by atoms with Crippen LogP contribution in [0, 0.1) is 19.3 Å². The lowest BCUT2D eigenvalue weighted by Gasteiger charge is -2.32. The molecule has 0 radical (unpaired) electrons. The maximum absolute atomic E-state index is 12.7. The summed E-state index contributed by atoms with van der Waals surface area (Å²) in [7, 11) is 0. The number of aromatic nitrogens is 1. The van der Waals surface area contributed by atoms with Gasteiger partial charge in [-0.1, -0.05) is 32.9 Å². The van der Waals surface area contributed by atoms with E-state index >= 15 is 0 Å². The summed E-state index contributed by atoms with van der Waals surface area (Å²) in [4.78, 5) is 27.3. The van der Waals surface area contributed by atoms with Crippen molar-refractivity contribution in [3.05, 3.63) is 58.4 Å². The van der Waals surface area contributed by atoms with E-state index in [2.05, 4.69) is 10.3 Å². The van der Waals surface area contributed by atoms with Crippen LogP contribution in [0.4, 0.5) is 0 Å². The number of aromatic amines is 1. The second-order valence-corrected chi connectivity index (χ2v) is 7.33. The molecule has 1 aromatic carbocycles. The highest BCUT2D eigenvalue weighted by Gasteiger charge is 2.29. The molecule has 4 N–H and O–H groups in total. The predicted octanol–water partition coefficient (Wildman–Crippen LogP) is 3.27. The van der Waals surface area contributed by atoms with Crippen LogP contribution in [0.1, 0.15) is 64.5 Å². The van der Waals surface area contributed by atoms with Crippen molar-refractivity contribution >= 4 is 11.8 Å². The van der Waals surface area contributed by atoms with Crippen molar-refractivity contribution in [1.82, 2.24) is 15.8 Å². The number of hydroxylamine groups is 1. The fourth-order valence-electron chi connectivity index (χ4n) is 2.86. The van der Waals surface area contributed by atoms with E-state index in [9.17, 15) is 9.59 Å². The molecule has 0 aliphatic carbocycles. The Kier molecular flexibility index (Phi) is 5.33. The monoisotopic (exact) mass is 343 g/mol. The fraction of sp³-hybridized carbons (Fsp3) is 0.368. The molecule has 2 aromatic rings. The van der Waals surface area contributed by atoms with Gasteiger partial charge in [-0.05, 0) is 43.0 Å². The van der Waals surface area contributed by atoms with E-state index in [4.69, 9.17) is 5.21 Å². The van der Waals surface area contributed by atoms with Crippen molar-refractivity contribution < 1.29 is 14.8 Å². The summed E-state index contributed by atoms with van der Waals surface area (Å²) in [5, 5.41) is 11.8. The number of nitrogens with one attached hydrogen (secondary N) is 3. The van der Waals surface area contributed by atoms with Crippen LogP contribution in [-0.2, 0) is 0 Å². The van der Waals surface area contributed by atoms with Gasteiger partial charge in [0.25, 0.3) is 11.8 Å². The molecule has 2 amide bonds. The number of hydrogen-bond donors (Lipinski definition) is 4. The van der Waals surface area contributed by atoms with Crippen molar-refractivity contribution in [2.24, 2.45) is 5.41 Å². The minimum absolute atomic E-state index is 0.140. The number of carbonyl (C=O) groups excluding carboxylic acids is 2. The molecule has 1 unspecified atom stereocenters. The summed E-state index contributed by atoms with van der Waals surface area (Å²) in [6.45, 7) is 9.91. The fourth-order valence-corrected chi connectivity index (χ4v) is 2.86. The molecule has 25 heavy (non-hydrogen) atoms. The molecule has 6 nitrogen and oxygen atoms in total. The summed E-state index contributed by atoms with van der Waals surface area (Å²) >= 11 is 0. The quantitative estimate of drug-likeness (QED) is 0.507. The molecule has 0 saturated carbocycles. The molecule has 0 fully saturated rings. The first kappa shape index (κ1) is 18.7. The van der Waals surface area contributed by atoms with Crippen molar-refractivity contribution in [1.29, 1.82) is 0 Å². The van der Waals surface area contributed by atoms with E-state index < -0.39 is 5.91 Å². The summed E-state index contributed by atoms with van der Waals surface area (Å²) in [5.41, 5.74) is 5.02. The van der Waals surface area contributed by atoms with Crippen LogP contribution in [-0.4, -0.2) is 22.0 Å². The maximum atomic E-state index is 12.7. The molecule has 0 bridgehead atoms. The van der Waals surface area contributed by atoms with Crippen LogP contribution in [0.5, 0.6) is 0 Å². The molecule has 1 heterocycles. The smallest absolute Gasteiger partial charge is 0.274 e. The molecule has 0 spiro atoms. The third-order valence-electron chi connectivity index (χ3n) is 4.14. The highest BCUT2D eigenvalue weighted by Crippen LogP contribution is 2.33. The van der Waals surface area contributed by atoms with Crippen LogP contribution in [0.3, 0.4) is 0 Å². The molecular formula is C19H25N3O3. The normalized spacial score (nSPS) is 12.6. The average Bonchev–Trinajstić information content (AvgIpc) is 2.89. The van der Waals surface area contributed by atoms with Gasteiger partial charge in [0, 0.05) is 17.0 Å². The van der Waals surface area contributed by atoms with Crippen LogP contribution in [0.15, 0.2) is 30.3 Å². The van der Waals surface area contributed by atoms with Crippen LogP contribution >= 0.6 is 0 Å². The van der Waals surface area contributed by atoms with Gasteiger partial charge in [-0.2, -0.15) is 0 Å². The second kappa shape index (κ2) is 7.11. The van der Waals surface area contributed by atoms with Crippen molar-refractivity contribution in [2.75, 3.05) is 0 Å². The molecule has 1 aromatic heterocycles. The second-order valence-electron chi connectivity index (χ2n) is 7.33. The average molecular weight is 343 g/mol. The Bertz CT molecular complexity index is 770. The number of aryl methyl sites for hydroxylation is 2. The molecule has 2 rings (SSSR count). The standard InChI is InChI=1S/C19H25N3O3/c1-11-10-15(12(2)20-11)18(24)21-16(19(3,4)5)13-6-8-14(9-7-13)17(23)22-25/h6-10,16,20,25H,1-5H3,(H,21,24)(H,22,23). The Morgan fingerprint density at radius 2 is 1.68 bits per heavy atom. The van der Waals surface area contributed by atoms with E-state index in [1.807, 2.05) is 40.7 Å². The topological polar surface area (TPSA) is 94.2 Å². The highest BCUT2D eigenvalue weighted by molar-refractivity contribution is 5.96. The SMILES string of the molecule is Cc1cc(C(=O)NC(c2ccc(C(=O)NO)cc2)C(C)(C)C)c(C)[nH]1. The first-order chi connectivity index (χ1) is 11.6. The van der Waals surface area contributed by atoms with E-state index in [-0.39, 0.29) is 17.4 Å². The van der Waals surface area contributed by atoms with Gasteiger partial charge in [-0.3, -0.25) is 14.8 Å².